The predicted molar refractivity (Wildman–Crippen MR) is 115 cm³/mol. The summed E-state index contributed by atoms with van der Waals surface area (Å²) in [5.74, 6) is 2.88. The molecule has 0 unspecified atom stereocenters. The molecule has 6 nitrogen and oxygen atoms in total. The molecule has 0 aliphatic heterocycles. The molecule has 0 amide bonds. The van der Waals surface area contributed by atoms with E-state index < -0.39 is 0 Å². The van der Waals surface area contributed by atoms with E-state index in [4.69, 9.17) is 14.5 Å². The number of hydrogen-bond acceptors (Lipinski definition) is 5. The molecule has 1 aliphatic rings. The van der Waals surface area contributed by atoms with Crippen LogP contribution in [0.15, 0.2) is 29.1 Å². The lowest BCUT2D eigenvalue weighted by Gasteiger charge is -2.17. The van der Waals surface area contributed by atoms with Gasteiger partial charge in [0.25, 0.3) is 5.56 Å². The maximum atomic E-state index is 12.8. The molecule has 2 atom stereocenters. The van der Waals surface area contributed by atoms with Crippen molar-refractivity contribution in [2.75, 3.05) is 20.3 Å². The maximum absolute atomic E-state index is 12.8. The average molecular weight is 415 g/mol. The molecule has 0 saturated heterocycles. The number of benzene rings is 1. The molecule has 0 bridgehead atoms. The number of methoxy groups -OCH3 is 1. The molecule has 29 heavy (non-hydrogen) atoms. The number of thiophene rings is 1. The monoisotopic (exact) mass is 414 g/mol. The Morgan fingerprint density at radius 3 is 2.93 bits per heavy atom. The van der Waals surface area contributed by atoms with Crippen LogP contribution in [-0.4, -0.2) is 30.2 Å². The van der Waals surface area contributed by atoms with Crippen molar-refractivity contribution in [2.45, 2.75) is 39.2 Å². The number of H-pyrrole nitrogens is 1. The van der Waals surface area contributed by atoms with E-state index in [0.717, 1.165) is 53.3 Å². The summed E-state index contributed by atoms with van der Waals surface area (Å²) >= 11 is 1.70. The first-order valence-electron chi connectivity index (χ1n) is 10.2. The maximum Gasteiger partial charge on any atom is 0.260 e. The average Bonchev–Trinajstić information content (AvgIpc) is 3.09. The highest BCUT2D eigenvalue weighted by molar-refractivity contribution is 7.18. The summed E-state index contributed by atoms with van der Waals surface area (Å²) in [5, 5.41) is 2.95. The number of fused-ring (bicyclic) bond motifs is 3. The van der Waals surface area contributed by atoms with E-state index in [1.54, 1.807) is 18.4 Å². The van der Waals surface area contributed by atoms with Gasteiger partial charge in [-0.05, 0) is 49.8 Å². The highest BCUT2D eigenvalue weighted by Gasteiger charge is 2.24. The Kier molecular flexibility index (Phi) is 5.87. The van der Waals surface area contributed by atoms with Gasteiger partial charge in [0.1, 0.15) is 24.0 Å². The first-order chi connectivity index (χ1) is 14.1. The minimum atomic E-state index is 0.00238. The number of nitrogens with two attached hydrogens (primary N) is 1. The largest absolute Gasteiger partial charge is 0.493 e. The summed E-state index contributed by atoms with van der Waals surface area (Å²) in [4.78, 5) is 22.8. The lowest BCUT2D eigenvalue weighted by atomic mass is 9.89. The van der Waals surface area contributed by atoms with Crippen molar-refractivity contribution in [3.8, 4) is 11.5 Å². The van der Waals surface area contributed by atoms with Crippen LogP contribution in [0.25, 0.3) is 10.2 Å². The molecule has 7 heteroatoms. The van der Waals surface area contributed by atoms with Crippen LogP contribution >= 0.6 is 11.3 Å². The van der Waals surface area contributed by atoms with Gasteiger partial charge in [-0.15, -0.1) is 11.3 Å². The molecule has 154 valence electrons. The number of para-hydroxylation sites is 2. The van der Waals surface area contributed by atoms with Crippen molar-refractivity contribution in [2.24, 2.45) is 5.92 Å². The fourth-order valence-electron chi connectivity index (χ4n) is 3.92. The van der Waals surface area contributed by atoms with E-state index >= 15 is 0 Å². The van der Waals surface area contributed by atoms with E-state index in [2.05, 4.69) is 24.1 Å². The Hall–Kier alpha value is -2.38. The van der Waals surface area contributed by atoms with Gasteiger partial charge in [-0.2, -0.15) is 0 Å². The Labute approximate surface area is 174 Å². The normalized spacial score (nSPS) is 17.1. The second-order valence-electron chi connectivity index (χ2n) is 7.80. The summed E-state index contributed by atoms with van der Waals surface area (Å²) in [6.45, 7) is 5.63. The Morgan fingerprint density at radius 1 is 1.34 bits per heavy atom. The number of nitrogens with one attached hydrogen (secondary N) is 1. The number of aromatic nitrogens is 2. The van der Waals surface area contributed by atoms with Crippen LogP contribution in [0.3, 0.4) is 0 Å². The number of rotatable bonds is 7. The zero-order valence-electron chi connectivity index (χ0n) is 17.2. The second kappa shape index (κ2) is 8.55. The van der Waals surface area contributed by atoms with Crippen LogP contribution in [-0.2, 0) is 12.8 Å². The highest BCUT2D eigenvalue weighted by Crippen LogP contribution is 2.35. The SMILES string of the molecule is COc1ccccc1OCC[NH2+][C@@H](C)c1nc2sc3c(c2c(=O)[nH]1)CC[C@H](C)C3. The van der Waals surface area contributed by atoms with Gasteiger partial charge in [-0.25, -0.2) is 4.98 Å². The standard InChI is InChI=1S/C22H27N3O3S/c1-13-8-9-15-18(12-13)29-22-19(15)21(26)24-20(25-22)14(2)23-10-11-28-17-7-5-4-6-16(17)27-3/h4-7,13-14,23H,8-12H2,1-3H3,(H,24,25,26)/p+1/t13-,14-/m0/s1. The van der Waals surface area contributed by atoms with Crippen LogP contribution < -0.4 is 20.3 Å². The van der Waals surface area contributed by atoms with Crippen molar-refractivity contribution in [1.29, 1.82) is 0 Å². The number of aryl methyl sites for hydroxylation is 1. The van der Waals surface area contributed by atoms with Crippen LogP contribution in [0.1, 0.15) is 42.6 Å². The third-order valence-corrected chi connectivity index (χ3v) is 6.73. The van der Waals surface area contributed by atoms with Crippen LogP contribution in [0.4, 0.5) is 0 Å². The molecular formula is C22H28N3O3S+. The Bertz CT molecular complexity index is 1060. The van der Waals surface area contributed by atoms with Gasteiger partial charge in [-0.1, -0.05) is 19.1 Å². The van der Waals surface area contributed by atoms with Gasteiger partial charge >= 0.3 is 0 Å². The highest BCUT2D eigenvalue weighted by atomic mass is 32.1. The van der Waals surface area contributed by atoms with Gasteiger partial charge in [0, 0.05) is 4.88 Å². The summed E-state index contributed by atoms with van der Waals surface area (Å²) in [6, 6.07) is 7.67. The molecule has 2 aromatic heterocycles. The van der Waals surface area contributed by atoms with Crippen molar-refractivity contribution < 1.29 is 14.8 Å². The molecule has 1 aromatic carbocycles. The summed E-state index contributed by atoms with van der Waals surface area (Å²) in [7, 11) is 1.64. The van der Waals surface area contributed by atoms with Gasteiger partial charge in [0.2, 0.25) is 0 Å². The van der Waals surface area contributed by atoms with E-state index in [9.17, 15) is 4.79 Å². The fourth-order valence-corrected chi connectivity index (χ4v) is 5.31. The van der Waals surface area contributed by atoms with Crippen LogP contribution in [0.5, 0.6) is 11.5 Å². The van der Waals surface area contributed by atoms with Crippen molar-refractivity contribution in [1.82, 2.24) is 9.97 Å². The Morgan fingerprint density at radius 2 is 2.14 bits per heavy atom. The van der Waals surface area contributed by atoms with Crippen molar-refractivity contribution >= 4 is 21.6 Å². The molecule has 2 heterocycles. The number of hydrogen-bond donors (Lipinski definition) is 2. The number of nitrogens with zero attached hydrogens (tertiary/aromatic N) is 1. The number of ether oxygens (including phenoxy) is 2. The van der Waals surface area contributed by atoms with Gasteiger partial charge in [-0.3, -0.25) is 4.79 Å². The zero-order chi connectivity index (χ0) is 20.4. The summed E-state index contributed by atoms with van der Waals surface area (Å²) in [6.07, 6.45) is 3.20. The smallest absolute Gasteiger partial charge is 0.260 e. The zero-order valence-corrected chi connectivity index (χ0v) is 18.0. The van der Waals surface area contributed by atoms with Crippen molar-refractivity contribution in [3.63, 3.8) is 0 Å². The first-order valence-corrected chi connectivity index (χ1v) is 11.0. The van der Waals surface area contributed by atoms with E-state index in [0.29, 0.717) is 12.5 Å². The Balaban J connectivity index is 1.42. The summed E-state index contributed by atoms with van der Waals surface area (Å²) in [5.41, 5.74) is 1.23. The molecule has 0 spiro atoms. The van der Waals surface area contributed by atoms with Crippen molar-refractivity contribution in [3.05, 3.63) is 50.9 Å². The minimum absolute atomic E-state index is 0.00238. The molecular weight excluding hydrogens is 386 g/mol. The van der Waals surface area contributed by atoms with Crippen LogP contribution in [0, 0.1) is 5.92 Å². The summed E-state index contributed by atoms with van der Waals surface area (Å²) < 4.78 is 11.1. The van der Waals surface area contributed by atoms with E-state index in [1.165, 1.54) is 10.4 Å². The number of aromatic amines is 1. The van der Waals surface area contributed by atoms with E-state index in [-0.39, 0.29) is 11.6 Å². The van der Waals surface area contributed by atoms with Gasteiger partial charge in [0.05, 0.1) is 12.5 Å². The lowest BCUT2D eigenvalue weighted by molar-refractivity contribution is -0.694. The molecule has 4 rings (SSSR count). The predicted octanol–water partition coefficient (Wildman–Crippen LogP) is 2.82. The third kappa shape index (κ3) is 4.16. The lowest BCUT2D eigenvalue weighted by Crippen LogP contribution is -2.86. The van der Waals surface area contributed by atoms with Gasteiger partial charge < -0.3 is 19.8 Å². The van der Waals surface area contributed by atoms with Gasteiger partial charge in [0.15, 0.2) is 17.3 Å². The third-order valence-electron chi connectivity index (χ3n) is 5.58. The molecule has 1 aliphatic carbocycles. The molecule has 3 aromatic rings. The first kappa shape index (κ1) is 19.9. The molecule has 0 radical (unpaired) electrons. The minimum Gasteiger partial charge on any atom is -0.493 e. The fraction of sp³-hybridized carbons (Fsp3) is 0.455. The topological polar surface area (TPSA) is 80.8 Å². The second-order valence-corrected chi connectivity index (χ2v) is 8.88. The van der Waals surface area contributed by atoms with E-state index in [1.807, 2.05) is 24.3 Å². The van der Waals surface area contributed by atoms with Crippen LogP contribution in [0.2, 0.25) is 0 Å². The number of quaternary nitrogens is 1. The molecule has 0 fully saturated rings. The molecule has 0 saturated carbocycles. The quantitative estimate of drug-likeness (QED) is 0.583. The molecule has 3 N–H and O–H groups in total.